The molecule has 0 atom stereocenters. The first-order valence-electron chi connectivity index (χ1n) is 8.57. The lowest BCUT2D eigenvalue weighted by molar-refractivity contribution is -0.140. The first kappa shape index (κ1) is 17.6. The van der Waals surface area contributed by atoms with Gasteiger partial charge in [-0.2, -0.15) is 10.1 Å². The Labute approximate surface area is 150 Å². The Balaban J connectivity index is 1.69. The van der Waals surface area contributed by atoms with Gasteiger partial charge in [0.15, 0.2) is 4.77 Å². The van der Waals surface area contributed by atoms with Gasteiger partial charge in [-0.05, 0) is 31.5 Å². The Morgan fingerprint density at radius 1 is 1.32 bits per heavy atom. The summed E-state index contributed by atoms with van der Waals surface area (Å²) in [4.78, 5) is 37.2. The molecule has 3 N–H and O–H groups in total. The molecule has 0 radical (unpaired) electrons. The van der Waals surface area contributed by atoms with Gasteiger partial charge in [0.2, 0.25) is 0 Å². The number of nitrogens with one attached hydrogen (secondary N) is 3. The Morgan fingerprint density at radius 2 is 2.04 bits per heavy atom. The van der Waals surface area contributed by atoms with E-state index in [4.69, 9.17) is 12.2 Å². The van der Waals surface area contributed by atoms with E-state index in [0.717, 1.165) is 30.7 Å². The molecule has 1 aliphatic carbocycles. The molecule has 4 amide bonds. The largest absolute Gasteiger partial charge is 0.344 e. The number of rotatable bonds is 5. The first-order valence-corrected chi connectivity index (χ1v) is 8.98. The van der Waals surface area contributed by atoms with Crippen molar-refractivity contribution >= 4 is 30.1 Å². The summed E-state index contributed by atoms with van der Waals surface area (Å²) in [5.74, 6) is -0.204. The number of aromatic amines is 1. The minimum Gasteiger partial charge on any atom is -0.322 e. The van der Waals surface area contributed by atoms with Crippen LogP contribution in [0.4, 0.5) is 4.79 Å². The van der Waals surface area contributed by atoms with Gasteiger partial charge in [-0.15, -0.1) is 0 Å². The number of aromatic nitrogens is 3. The number of H-pyrrole nitrogens is 1. The molecule has 10 heteroatoms. The molecule has 25 heavy (non-hydrogen) atoms. The monoisotopic (exact) mass is 366 g/mol. The van der Waals surface area contributed by atoms with Crippen molar-refractivity contribution in [3.63, 3.8) is 0 Å². The van der Waals surface area contributed by atoms with E-state index in [1.54, 1.807) is 4.57 Å². The zero-order valence-electron chi connectivity index (χ0n) is 14.1. The number of amides is 4. The van der Waals surface area contributed by atoms with E-state index in [1.807, 2.05) is 6.92 Å². The van der Waals surface area contributed by atoms with Crippen molar-refractivity contribution in [2.45, 2.75) is 64.0 Å². The standard InChI is InChI=1S/C15H22N6O3S/c1-2-6-10-17-18-14(25)20(10)9-11(22)19-21-12(23)15(16-13(21)24)7-4-3-5-8-15/h2-9H2,1H3,(H,16,24)(H,18,25)(H,19,22). The number of nitrogens with zero attached hydrogens (tertiary/aromatic N) is 3. The summed E-state index contributed by atoms with van der Waals surface area (Å²) in [5, 5.41) is 10.3. The molecule has 1 saturated heterocycles. The number of carbonyl (C=O) groups is 3. The molecule has 2 fully saturated rings. The summed E-state index contributed by atoms with van der Waals surface area (Å²) in [5.41, 5.74) is 1.55. The normalized spacial score (nSPS) is 19.3. The van der Waals surface area contributed by atoms with Crippen LogP contribution in [0, 0.1) is 4.77 Å². The van der Waals surface area contributed by atoms with Crippen molar-refractivity contribution in [3.8, 4) is 0 Å². The molecule has 2 aliphatic rings. The summed E-state index contributed by atoms with van der Waals surface area (Å²) < 4.78 is 1.91. The molecule has 136 valence electrons. The van der Waals surface area contributed by atoms with Gasteiger partial charge in [-0.25, -0.2) is 4.79 Å². The highest BCUT2D eigenvalue weighted by molar-refractivity contribution is 7.71. The van der Waals surface area contributed by atoms with Crippen LogP contribution in [0.15, 0.2) is 0 Å². The van der Waals surface area contributed by atoms with Crippen molar-refractivity contribution in [2.24, 2.45) is 0 Å². The van der Waals surface area contributed by atoms with Crippen molar-refractivity contribution < 1.29 is 14.4 Å². The second kappa shape index (κ2) is 6.95. The van der Waals surface area contributed by atoms with E-state index in [9.17, 15) is 14.4 Å². The fourth-order valence-corrected chi connectivity index (χ4v) is 3.66. The van der Waals surface area contributed by atoms with Crippen LogP contribution in [-0.2, 0) is 22.6 Å². The van der Waals surface area contributed by atoms with Gasteiger partial charge in [-0.1, -0.05) is 26.2 Å². The van der Waals surface area contributed by atoms with Crippen LogP contribution in [0.2, 0.25) is 0 Å². The van der Waals surface area contributed by atoms with Crippen LogP contribution in [0.1, 0.15) is 51.3 Å². The second-order valence-corrected chi connectivity index (χ2v) is 6.92. The maximum absolute atomic E-state index is 12.6. The van der Waals surface area contributed by atoms with E-state index in [1.165, 1.54) is 0 Å². The van der Waals surface area contributed by atoms with Crippen molar-refractivity contribution in [2.75, 3.05) is 0 Å². The van der Waals surface area contributed by atoms with Gasteiger partial charge < -0.3 is 5.32 Å². The molecule has 2 heterocycles. The summed E-state index contributed by atoms with van der Waals surface area (Å²) in [6.45, 7) is 1.90. The number of urea groups is 1. The second-order valence-electron chi connectivity index (χ2n) is 6.53. The number of carbonyl (C=O) groups excluding carboxylic acids is 3. The molecule has 0 aromatic carbocycles. The molecule has 0 unspecified atom stereocenters. The molecule has 9 nitrogen and oxygen atoms in total. The average Bonchev–Trinajstić information content (AvgIpc) is 3.03. The summed E-state index contributed by atoms with van der Waals surface area (Å²) in [7, 11) is 0. The molecule has 1 aromatic heterocycles. The van der Waals surface area contributed by atoms with Gasteiger partial charge in [0.25, 0.3) is 11.8 Å². The number of hydrazine groups is 1. The van der Waals surface area contributed by atoms with E-state index in [2.05, 4.69) is 20.9 Å². The average molecular weight is 366 g/mol. The predicted octanol–water partition coefficient (Wildman–Crippen LogP) is 1.18. The van der Waals surface area contributed by atoms with Crippen LogP contribution in [0.3, 0.4) is 0 Å². The van der Waals surface area contributed by atoms with E-state index in [-0.39, 0.29) is 12.5 Å². The van der Waals surface area contributed by atoms with Gasteiger partial charge >= 0.3 is 6.03 Å². The minimum atomic E-state index is -0.859. The quantitative estimate of drug-likeness (QED) is 0.535. The topological polar surface area (TPSA) is 112 Å². The van der Waals surface area contributed by atoms with Gasteiger partial charge in [0, 0.05) is 6.42 Å². The van der Waals surface area contributed by atoms with Gasteiger partial charge in [0.1, 0.15) is 17.9 Å². The zero-order valence-corrected chi connectivity index (χ0v) is 14.9. The molecule has 1 aliphatic heterocycles. The van der Waals surface area contributed by atoms with Crippen LogP contribution < -0.4 is 10.7 Å². The van der Waals surface area contributed by atoms with E-state index < -0.39 is 17.5 Å². The van der Waals surface area contributed by atoms with E-state index >= 15 is 0 Å². The third-order valence-corrected chi connectivity index (χ3v) is 5.03. The number of hydrogen-bond acceptors (Lipinski definition) is 5. The van der Waals surface area contributed by atoms with Crippen LogP contribution in [0.25, 0.3) is 0 Å². The zero-order chi connectivity index (χ0) is 18.0. The molecule has 1 aromatic rings. The first-order chi connectivity index (χ1) is 12.0. The molecule has 1 spiro atoms. The Morgan fingerprint density at radius 3 is 2.72 bits per heavy atom. The number of imide groups is 1. The van der Waals surface area contributed by atoms with Gasteiger partial charge in [0.05, 0.1) is 0 Å². The van der Waals surface area contributed by atoms with Crippen LogP contribution in [-0.4, -0.2) is 43.2 Å². The summed E-state index contributed by atoms with van der Waals surface area (Å²) in [6.07, 6.45) is 5.57. The lowest BCUT2D eigenvalue weighted by Gasteiger charge is -2.30. The third kappa shape index (κ3) is 3.30. The highest BCUT2D eigenvalue weighted by Gasteiger charge is 2.52. The van der Waals surface area contributed by atoms with Crippen molar-refractivity contribution in [1.82, 2.24) is 30.5 Å². The fraction of sp³-hybridized carbons (Fsp3) is 0.667. The highest BCUT2D eigenvalue weighted by Crippen LogP contribution is 2.32. The number of aryl methyl sites for hydroxylation is 1. The Hall–Kier alpha value is -2.23. The lowest BCUT2D eigenvalue weighted by atomic mass is 9.82. The van der Waals surface area contributed by atoms with Crippen LogP contribution in [0.5, 0.6) is 0 Å². The maximum atomic E-state index is 12.6. The van der Waals surface area contributed by atoms with E-state index in [0.29, 0.717) is 29.9 Å². The molecular weight excluding hydrogens is 344 g/mol. The lowest BCUT2D eigenvalue weighted by Crippen LogP contribution is -2.51. The Kier molecular flexibility index (Phi) is 4.89. The predicted molar refractivity (Wildman–Crippen MR) is 90.7 cm³/mol. The molecule has 3 rings (SSSR count). The molecule has 0 bridgehead atoms. The highest BCUT2D eigenvalue weighted by atomic mass is 32.1. The van der Waals surface area contributed by atoms with Gasteiger partial charge in [-0.3, -0.25) is 24.7 Å². The minimum absolute atomic E-state index is 0.102. The van der Waals surface area contributed by atoms with Crippen molar-refractivity contribution in [1.29, 1.82) is 0 Å². The third-order valence-electron chi connectivity index (χ3n) is 4.72. The van der Waals surface area contributed by atoms with Crippen LogP contribution >= 0.6 is 12.2 Å². The summed E-state index contributed by atoms with van der Waals surface area (Å²) in [6, 6.07) is -0.579. The smallest absolute Gasteiger partial charge is 0.322 e. The molecular formula is C15H22N6O3S. The van der Waals surface area contributed by atoms with Crippen molar-refractivity contribution in [3.05, 3.63) is 10.6 Å². The fourth-order valence-electron chi connectivity index (χ4n) is 3.45. The SMILES string of the molecule is CCCc1n[nH]c(=S)n1CC(=O)NN1C(=O)NC2(CCCCC2)C1=O. The number of hydrogen-bond donors (Lipinski definition) is 3. The maximum Gasteiger partial charge on any atom is 0.344 e. The summed E-state index contributed by atoms with van der Waals surface area (Å²) >= 11 is 5.14. The molecule has 1 saturated carbocycles. The Bertz CT molecular complexity index is 749.